The number of anilines is 1. The molecule has 1 fully saturated rings. The highest BCUT2D eigenvalue weighted by Crippen LogP contribution is 2.20. The third-order valence-corrected chi connectivity index (χ3v) is 4.05. The highest BCUT2D eigenvalue weighted by molar-refractivity contribution is 5.47. The number of rotatable bonds is 3. The second kappa shape index (κ2) is 6.10. The Hall–Kier alpha value is -1.80. The summed E-state index contributed by atoms with van der Waals surface area (Å²) in [4.78, 5) is 5.07. The third kappa shape index (κ3) is 3.02. The van der Waals surface area contributed by atoms with E-state index in [1.165, 1.54) is 11.3 Å². The lowest BCUT2D eigenvalue weighted by atomic mass is 10.1. The lowest BCUT2D eigenvalue weighted by Crippen LogP contribution is -2.51. The van der Waals surface area contributed by atoms with Crippen LogP contribution >= 0.6 is 0 Å². The van der Waals surface area contributed by atoms with Crippen molar-refractivity contribution in [2.45, 2.75) is 19.5 Å². The molecule has 1 aliphatic rings. The zero-order chi connectivity index (χ0) is 13.8. The van der Waals surface area contributed by atoms with E-state index in [0.717, 1.165) is 26.2 Å². The molecule has 20 heavy (non-hydrogen) atoms. The van der Waals surface area contributed by atoms with Crippen molar-refractivity contribution in [3.63, 3.8) is 0 Å². The summed E-state index contributed by atoms with van der Waals surface area (Å²) in [5, 5.41) is 0. The summed E-state index contributed by atoms with van der Waals surface area (Å²) < 4.78 is 0. The first-order chi connectivity index (χ1) is 9.83. The fourth-order valence-corrected chi connectivity index (χ4v) is 3.02. The van der Waals surface area contributed by atoms with Crippen LogP contribution in [0.25, 0.3) is 0 Å². The molecule has 0 N–H and O–H groups in total. The van der Waals surface area contributed by atoms with E-state index in [2.05, 4.69) is 77.4 Å². The van der Waals surface area contributed by atoms with Crippen LogP contribution in [-0.4, -0.2) is 30.6 Å². The maximum absolute atomic E-state index is 2.55. The predicted molar refractivity (Wildman–Crippen MR) is 85.0 cm³/mol. The van der Waals surface area contributed by atoms with Gasteiger partial charge in [-0.05, 0) is 24.6 Å². The molecule has 1 saturated heterocycles. The van der Waals surface area contributed by atoms with Gasteiger partial charge in [-0.3, -0.25) is 4.90 Å². The van der Waals surface area contributed by atoms with Crippen LogP contribution in [0.3, 0.4) is 0 Å². The Balaban J connectivity index is 1.62. The standard InChI is InChI=1S/C18H22N2/c1-16-14-19(15-17-8-4-2-5-9-17)12-13-20(16)18-10-6-3-7-11-18/h2-11,16H,12-15H2,1H3. The lowest BCUT2D eigenvalue weighted by Gasteiger charge is -2.41. The summed E-state index contributed by atoms with van der Waals surface area (Å²) in [6, 6.07) is 22.1. The average molecular weight is 266 g/mol. The van der Waals surface area contributed by atoms with Crippen molar-refractivity contribution >= 4 is 5.69 Å². The Morgan fingerprint density at radius 2 is 1.55 bits per heavy atom. The summed E-state index contributed by atoms with van der Waals surface area (Å²) in [7, 11) is 0. The van der Waals surface area contributed by atoms with Crippen LogP contribution in [-0.2, 0) is 6.54 Å². The molecule has 0 bridgehead atoms. The van der Waals surface area contributed by atoms with Gasteiger partial charge < -0.3 is 4.90 Å². The van der Waals surface area contributed by atoms with E-state index >= 15 is 0 Å². The van der Waals surface area contributed by atoms with Crippen LogP contribution in [0, 0.1) is 0 Å². The zero-order valence-corrected chi connectivity index (χ0v) is 12.1. The summed E-state index contributed by atoms with van der Waals surface area (Å²) >= 11 is 0. The summed E-state index contributed by atoms with van der Waals surface area (Å²) in [6.45, 7) is 6.76. The van der Waals surface area contributed by atoms with Crippen LogP contribution < -0.4 is 4.90 Å². The topological polar surface area (TPSA) is 6.48 Å². The van der Waals surface area contributed by atoms with Gasteiger partial charge in [-0.2, -0.15) is 0 Å². The van der Waals surface area contributed by atoms with E-state index < -0.39 is 0 Å². The maximum atomic E-state index is 2.55. The SMILES string of the molecule is CC1CN(Cc2ccccc2)CCN1c1ccccc1. The van der Waals surface area contributed by atoms with Crippen LogP contribution in [0.1, 0.15) is 12.5 Å². The van der Waals surface area contributed by atoms with Crippen molar-refractivity contribution in [1.29, 1.82) is 0 Å². The zero-order valence-electron chi connectivity index (χ0n) is 12.1. The summed E-state index contributed by atoms with van der Waals surface area (Å²) in [5.41, 5.74) is 2.76. The maximum Gasteiger partial charge on any atom is 0.0389 e. The van der Waals surface area contributed by atoms with Crippen LogP contribution in [0.4, 0.5) is 5.69 Å². The first kappa shape index (κ1) is 13.2. The predicted octanol–water partition coefficient (Wildman–Crippen LogP) is 3.40. The number of para-hydroxylation sites is 1. The first-order valence-corrected chi connectivity index (χ1v) is 7.41. The Morgan fingerprint density at radius 3 is 2.20 bits per heavy atom. The minimum Gasteiger partial charge on any atom is -0.366 e. The number of hydrogen-bond donors (Lipinski definition) is 0. The molecule has 0 aromatic heterocycles. The van der Waals surface area contributed by atoms with Gasteiger partial charge in [-0.1, -0.05) is 48.5 Å². The first-order valence-electron chi connectivity index (χ1n) is 7.41. The molecule has 104 valence electrons. The van der Waals surface area contributed by atoms with Crippen LogP contribution in [0.2, 0.25) is 0 Å². The normalized spacial score (nSPS) is 20.1. The molecule has 1 unspecified atom stereocenters. The van der Waals surface area contributed by atoms with Gasteiger partial charge in [0.25, 0.3) is 0 Å². The smallest absolute Gasteiger partial charge is 0.0389 e. The van der Waals surface area contributed by atoms with Crippen molar-refractivity contribution in [3.05, 3.63) is 66.2 Å². The summed E-state index contributed by atoms with van der Waals surface area (Å²) in [5.74, 6) is 0. The van der Waals surface area contributed by atoms with Gasteiger partial charge in [0, 0.05) is 37.9 Å². The Morgan fingerprint density at radius 1 is 0.900 bits per heavy atom. The molecule has 0 amide bonds. The molecule has 2 aromatic carbocycles. The van der Waals surface area contributed by atoms with Crippen molar-refractivity contribution in [2.24, 2.45) is 0 Å². The highest BCUT2D eigenvalue weighted by atomic mass is 15.3. The number of benzene rings is 2. The fraction of sp³-hybridized carbons (Fsp3) is 0.333. The van der Waals surface area contributed by atoms with Crippen molar-refractivity contribution < 1.29 is 0 Å². The molecule has 3 rings (SSSR count). The number of nitrogens with zero attached hydrogens (tertiary/aromatic N) is 2. The molecule has 0 spiro atoms. The molecule has 0 aliphatic carbocycles. The monoisotopic (exact) mass is 266 g/mol. The van der Waals surface area contributed by atoms with Gasteiger partial charge in [0.05, 0.1) is 0 Å². The van der Waals surface area contributed by atoms with E-state index in [9.17, 15) is 0 Å². The molecule has 1 heterocycles. The second-order valence-corrected chi connectivity index (χ2v) is 5.60. The minimum atomic E-state index is 0.565. The van der Waals surface area contributed by atoms with E-state index in [1.807, 2.05) is 0 Å². The van der Waals surface area contributed by atoms with Crippen molar-refractivity contribution in [3.8, 4) is 0 Å². The Kier molecular flexibility index (Phi) is 4.03. The quantitative estimate of drug-likeness (QED) is 0.840. The van der Waals surface area contributed by atoms with E-state index in [0.29, 0.717) is 6.04 Å². The number of piperazine rings is 1. The third-order valence-electron chi connectivity index (χ3n) is 4.05. The van der Waals surface area contributed by atoms with Crippen LogP contribution in [0.5, 0.6) is 0 Å². The van der Waals surface area contributed by atoms with E-state index in [1.54, 1.807) is 0 Å². The number of hydrogen-bond acceptors (Lipinski definition) is 2. The highest BCUT2D eigenvalue weighted by Gasteiger charge is 2.23. The molecule has 0 saturated carbocycles. The molecule has 2 aromatic rings. The average Bonchev–Trinajstić information content (AvgIpc) is 2.49. The molecule has 2 heteroatoms. The van der Waals surface area contributed by atoms with Crippen molar-refractivity contribution in [1.82, 2.24) is 4.90 Å². The van der Waals surface area contributed by atoms with Gasteiger partial charge in [0.15, 0.2) is 0 Å². The second-order valence-electron chi connectivity index (χ2n) is 5.60. The largest absolute Gasteiger partial charge is 0.366 e. The van der Waals surface area contributed by atoms with Crippen molar-refractivity contribution in [2.75, 3.05) is 24.5 Å². The molecular formula is C18H22N2. The molecule has 1 atom stereocenters. The molecular weight excluding hydrogens is 244 g/mol. The van der Waals surface area contributed by atoms with Crippen LogP contribution in [0.15, 0.2) is 60.7 Å². The van der Waals surface area contributed by atoms with E-state index in [4.69, 9.17) is 0 Å². The minimum absolute atomic E-state index is 0.565. The fourth-order valence-electron chi connectivity index (χ4n) is 3.02. The molecule has 1 aliphatic heterocycles. The van der Waals surface area contributed by atoms with E-state index in [-0.39, 0.29) is 0 Å². The van der Waals surface area contributed by atoms with Gasteiger partial charge in [0.2, 0.25) is 0 Å². The van der Waals surface area contributed by atoms with Gasteiger partial charge in [-0.25, -0.2) is 0 Å². The Bertz CT molecular complexity index is 524. The molecule has 2 nitrogen and oxygen atoms in total. The molecule has 0 radical (unpaired) electrons. The van der Waals surface area contributed by atoms with Gasteiger partial charge >= 0.3 is 0 Å². The Labute approximate surface area is 121 Å². The lowest BCUT2D eigenvalue weighted by molar-refractivity contribution is 0.221. The van der Waals surface area contributed by atoms with Gasteiger partial charge in [-0.15, -0.1) is 0 Å². The summed E-state index contributed by atoms with van der Waals surface area (Å²) in [6.07, 6.45) is 0. The van der Waals surface area contributed by atoms with Gasteiger partial charge in [0.1, 0.15) is 0 Å².